The smallest absolute Gasteiger partial charge is 0.314 e. The first-order valence-electron chi connectivity index (χ1n) is 9.11. The molecule has 0 bridgehead atoms. The summed E-state index contributed by atoms with van der Waals surface area (Å²) in [5.74, 6) is 0.111. The van der Waals surface area contributed by atoms with Crippen LogP contribution in [0.3, 0.4) is 0 Å². The molecule has 7 heteroatoms. The molecule has 27 heavy (non-hydrogen) atoms. The number of aromatic nitrogens is 1. The average molecular weight is 386 g/mol. The van der Waals surface area contributed by atoms with Gasteiger partial charge in [-0.05, 0) is 42.2 Å². The lowest BCUT2D eigenvalue weighted by molar-refractivity contribution is -0.139. The van der Waals surface area contributed by atoms with Gasteiger partial charge in [0.25, 0.3) is 0 Å². The number of nitrogens with zero attached hydrogens (tertiary/aromatic N) is 2. The fourth-order valence-electron chi connectivity index (χ4n) is 3.86. The second kappa shape index (κ2) is 6.96. The number of hydrogen-bond donors (Lipinski definition) is 0. The molecule has 0 amide bonds. The Kier molecular flexibility index (Phi) is 4.63. The SMILES string of the molecule is CS(=O)(=O)c1ccc(C2COC(=O)C2c2ccc(N3CCCC3)nc2)cc1. The zero-order valence-corrected chi connectivity index (χ0v) is 16.0. The van der Waals surface area contributed by atoms with Gasteiger partial charge in [-0.3, -0.25) is 4.79 Å². The maximum atomic E-state index is 12.4. The standard InChI is InChI=1S/C20H22N2O4S/c1-27(24,25)16-7-4-14(5-8-16)17-13-26-20(23)19(17)15-6-9-18(21-12-15)22-10-2-3-11-22/h4-9,12,17,19H,2-3,10-11,13H2,1H3. The van der Waals surface area contributed by atoms with Gasteiger partial charge in [0.1, 0.15) is 5.82 Å². The molecular weight excluding hydrogens is 364 g/mol. The molecule has 0 saturated carbocycles. The van der Waals surface area contributed by atoms with E-state index >= 15 is 0 Å². The van der Waals surface area contributed by atoms with E-state index in [1.54, 1.807) is 30.5 Å². The van der Waals surface area contributed by atoms with Gasteiger partial charge in [-0.25, -0.2) is 13.4 Å². The Morgan fingerprint density at radius 1 is 1.04 bits per heavy atom. The highest BCUT2D eigenvalue weighted by Gasteiger charge is 2.39. The Morgan fingerprint density at radius 3 is 2.30 bits per heavy atom. The third kappa shape index (κ3) is 3.56. The first-order valence-corrected chi connectivity index (χ1v) is 11.0. The van der Waals surface area contributed by atoms with Gasteiger partial charge in [-0.2, -0.15) is 0 Å². The minimum Gasteiger partial charge on any atom is -0.465 e. The van der Waals surface area contributed by atoms with Gasteiger partial charge in [-0.1, -0.05) is 18.2 Å². The molecule has 6 nitrogen and oxygen atoms in total. The molecular formula is C20H22N2O4S. The fraction of sp³-hybridized carbons (Fsp3) is 0.400. The molecule has 2 fully saturated rings. The summed E-state index contributed by atoms with van der Waals surface area (Å²) in [6.07, 6.45) is 5.32. The number of benzene rings is 1. The van der Waals surface area contributed by atoms with Crippen LogP contribution in [0, 0.1) is 0 Å². The van der Waals surface area contributed by atoms with Crippen molar-refractivity contribution in [3.8, 4) is 0 Å². The lowest BCUT2D eigenvalue weighted by Gasteiger charge is -2.19. The minimum absolute atomic E-state index is 0.148. The van der Waals surface area contributed by atoms with Crippen LogP contribution in [0.2, 0.25) is 0 Å². The van der Waals surface area contributed by atoms with Crippen molar-refractivity contribution < 1.29 is 17.9 Å². The highest BCUT2D eigenvalue weighted by Crippen LogP contribution is 2.39. The number of pyridine rings is 1. The second-order valence-electron chi connectivity index (χ2n) is 7.20. The number of ether oxygens (including phenoxy) is 1. The lowest BCUT2D eigenvalue weighted by Crippen LogP contribution is -2.19. The van der Waals surface area contributed by atoms with Gasteiger partial charge in [0.05, 0.1) is 17.4 Å². The maximum Gasteiger partial charge on any atom is 0.314 e. The number of cyclic esters (lactones) is 1. The van der Waals surface area contributed by atoms with Crippen LogP contribution >= 0.6 is 0 Å². The molecule has 2 aliphatic rings. The average Bonchev–Trinajstić information content (AvgIpc) is 3.31. The van der Waals surface area contributed by atoms with Crippen molar-refractivity contribution >= 4 is 21.6 Å². The summed E-state index contributed by atoms with van der Waals surface area (Å²) in [5.41, 5.74) is 1.72. The zero-order chi connectivity index (χ0) is 19.0. The molecule has 4 rings (SSSR count). The van der Waals surface area contributed by atoms with E-state index in [-0.39, 0.29) is 23.4 Å². The van der Waals surface area contributed by atoms with Crippen molar-refractivity contribution in [1.82, 2.24) is 4.98 Å². The third-order valence-corrected chi connectivity index (χ3v) is 6.49. The van der Waals surface area contributed by atoms with Crippen molar-refractivity contribution in [3.63, 3.8) is 0 Å². The van der Waals surface area contributed by atoms with Gasteiger partial charge in [0.2, 0.25) is 0 Å². The summed E-state index contributed by atoms with van der Waals surface area (Å²) in [6.45, 7) is 2.33. The van der Waals surface area contributed by atoms with E-state index in [4.69, 9.17) is 4.74 Å². The topological polar surface area (TPSA) is 76.6 Å². The summed E-state index contributed by atoms with van der Waals surface area (Å²) in [5, 5.41) is 0. The van der Waals surface area contributed by atoms with Crippen LogP contribution in [0.25, 0.3) is 0 Å². The summed E-state index contributed by atoms with van der Waals surface area (Å²) >= 11 is 0. The number of esters is 1. The lowest BCUT2D eigenvalue weighted by atomic mass is 9.84. The first-order chi connectivity index (χ1) is 12.9. The van der Waals surface area contributed by atoms with Crippen LogP contribution in [-0.2, 0) is 19.4 Å². The molecule has 0 N–H and O–H groups in total. The van der Waals surface area contributed by atoms with E-state index in [1.807, 2.05) is 12.1 Å². The Hall–Kier alpha value is -2.41. The fourth-order valence-corrected chi connectivity index (χ4v) is 4.49. The Labute approximate surface area is 159 Å². The monoisotopic (exact) mass is 386 g/mol. The number of rotatable bonds is 4. The second-order valence-corrected chi connectivity index (χ2v) is 9.22. The van der Waals surface area contributed by atoms with E-state index in [9.17, 15) is 13.2 Å². The Balaban J connectivity index is 1.59. The van der Waals surface area contributed by atoms with Crippen molar-refractivity contribution in [3.05, 3.63) is 53.7 Å². The van der Waals surface area contributed by atoms with Crippen molar-refractivity contribution in [2.45, 2.75) is 29.6 Å². The number of anilines is 1. The van der Waals surface area contributed by atoms with Crippen LogP contribution in [0.4, 0.5) is 5.82 Å². The summed E-state index contributed by atoms with van der Waals surface area (Å²) in [4.78, 5) is 19.4. The largest absolute Gasteiger partial charge is 0.465 e. The molecule has 2 saturated heterocycles. The van der Waals surface area contributed by atoms with Crippen molar-refractivity contribution in [2.75, 3.05) is 30.9 Å². The molecule has 2 atom stereocenters. The van der Waals surface area contributed by atoms with Crippen LogP contribution in [0.15, 0.2) is 47.5 Å². The Bertz CT molecular complexity index is 933. The molecule has 3 heterocycles. The predicted octanol–water partition coefficient (Wildman–Crippen LogP) is 2.51. The van der Waals surface area contributed by atoms with Gasteiger partial charge in [0, 0.05) is 31.5 Å². The van der Waals surface area contributed by atoms with Crippen LogP contribution in [-0.4, -0.2) is 45.3 Å². The van der Waals surface area contributed by atoms with Gasteiger partial charge in [-0.15, -0.1) is 0 Å². The number of hydrogen-bond acceptors (Lipinski definition) is 6. The van der Waals surface area contributed by atoms with E-state index in [1.165, 1.54) is 19.1 Å². The van der Waals surface area contributed by atoms with Crippen molar-refractivity contribution in [2.24, 2.45) is 0 Å². The molecule has 0 aliphatic carbocycles. The molecule has 2 unspecified atom stereocenters. The van der Waals surface area contributed by atoms with Crippen LogP contribution in [0.1, 0.15) is 35.8 Å². The maximum absolute atomic E-state index is 12.4. The van der Waals surface area contributed by atoms with Gasteiger partial charge < -0.3 is 9.64 Å². The molecule has 0 spiro atoms. The van der Waals surface area contributed by atoms with Crippen molar-refractivity contribution in [1.29, 1.82) is 0 Å². The summed E-state index contributed by atoms with van der Waals surface area (Å²) in [7, 11) is -3.25. The molecule has 2 aromatic rings. The molecule has 1 aromatic carbocycles. The zero-order valence-electron chi connectivity index (χ0n) is 15.2. The van der Waals surface area contributed by atoms with E-state index < -0.39 is 15.8 Å². The molecule has 0 radical (unpaired) electrons. The predicted molar refractivity (Wildman–Crippen MR) is 102 cm³/mol. The highest BCUT2D eigenvalue weighted by atomic mass is 32.2. The number of carbonyl (C=O) groups excluding carboxylic acids is 1. The van der Waals surface area contributed by atoms with Gasteiger partial charge in [0.15, 0.2) is 9.84 Å². The first kappa shape index (κ1) is 18.0. The highest BCUT2D eigenvalue weighted by molar-refractivity contribution is 7.90. The van der Waals surface area contributed by atoms with Gasteiger partial charge >= 0.3 is 5.97 Å². The van der Waals surface area contributed by atoms with Crippen LogP contribution in [0.5, 0.6) is 0 Å². The Morgan fingerprint density at radius 2 is 1.70 bits per heavy atom. The third-order valence-electron chi connectivity index (χ3n) is 5.36. The molecule has 2 aliphatic heterocycles. The van der Waals surface area contributed by atoms with Crippen LogP contribution < -0.4 is 4.90 Å². The van der Waals surface area contributed by atoms with E-state index in [0.29, 0.717) is 0 Å². The summed E-state index contributed by atoms with van der Waals surface area (Å²) in [6, 6.07) is 10.6. The quantitative estimate of drug-likeness (QED) is 0.752. The molecule has 1 aromatic heterocycles. The number of carbonyl (C=O) groups is 1. The number of sulfone groups is 1. The normalized spacial score (nSPS) is 22.9. The minimum atomic E-state index is -3.25. The van der Waals surface area contributed by atoms with E-state index in [0.717, 1.165) is 30.0 Å². The molecule has 142 valence electrons. The van der Waals surface area contributed by atoms with E-state index in [2.05, 4.69) is 9.88 Å². The summed E-state index contributed by atoms with van der Waals surface area (Å²) < 4.78 is 28.6.